The number of nitro benzene ring substituents is 2. The summed E-state index contributed by atoms with van der Waals surface area (Å²) in [5.74, 6) is 0.142. The molecule has 2 atom stereocenters. The predicted octanol–water partition coefficient (Wildman–Crippen LogP) is 9.25. The first-order valence-corrected chi connectivity index (χ1v) is 25.0. The Morgan fingerprint density at radius 1 is 0.658 bits per heavy atom. The van der Waals surface area contributed by atoms with Gasteiger partial charge in [0.15, 0.2) is 25.1 Å². The van der Waals surface area contributed by atoms with Crippen LogP contribution in [-0.4, -0.2) is 112 Å². The predicted molar refractivity (Wildman–Crippen MR) is 274 cm³/mol. The van der Waals surface area contributed by atoms with E-state index in [0.717, 1.165) is 48.6 Å². The van der Waals surface area contributed by atoms with Gasteiger partial charge in [-0.15, -0.1) is 30.0 Å². The van der Waals surface area contributed by atoms with Crippen molar-refractivity contribution in [2.75, 3.05) is 40.4 Å². The van der Waals surface area contributed by atoms with E-state index >= 15 is 0 Å². The van der Waals surface area contributed by atoms with Gasteiger partial charge < -0.3 is 19.3 Å². The zero-order valence-electron chi connectivity index (χ0n) is 41.7. The molecule has 20 nitrogen and oxygen atoms in total. The molecule has 4 heterocycles. The summed E-state index contributed by atoms with van der Waals surface area (Å²) in [6.07, 6.45) is 9.07. The third-order valence-electron chi connectivity index (χ3n) is 13.1. The molecule has 2 amide bonds. The first-order chi connectivity index (χ1) is 35.3. The molecule has 2 aromatic heterocycles. The van der Waals surface area contributed by atoms with Gasteiger partial charge in [0.1, 0.15) is 0 Å². The Balaban J connectivity index is 1.18. The summed E-state index contributed by atoms with van der Waals surface area (Å²) in [6.45, 7) is 10.1. The van der Waals surface area contributed by atoms with E-state index in [1.54, 1.807) is 46.2 Å². The monoisotopic (exact) mass is 1010 g/mol. The second-order valence-corrected chi connectivity index (χ2v) is 19.7. The van der Waals surface area contributed by atoms with Gasteiger partial charge in [-0.25, -0.2) is 0 Å². The fraction of sp³-hybridized carbons (Fsp3) is 0.385. The molecule has 73 heavy (non-hydrogen) atoms. The number of nitro groups is 2. The number of methoxy groups -OCH3 is 2. The molecule has 0 N–H and O–H groups in total. The number of ether oxygens (including phenoxy) is 2. The van der Waals surface area contributed by atoms with E-state index in [4.69, 9.17) is 9.47 Å². The van der Waals surface area contributed by atoms with Crippen LogP contribution in [0.2, 0.25) is 0 Å². The molecule has 0 spiro atoms. The summed E-state index contributed by atoms with van der Waals surface area (Å²) in [6, 6.07) is 21.5. The first-order valence-electron chi connectivity index (χ1n) is 24.2. The first kappa shape index (κ1) is 51.9. The molecule has 2 aliphatic rings. The lowest BCUT2D eigenvalue weighted by molar-refractivity contribution is -0.387. The van der Waals surface area contributed by atoms with Crippen molar-refractivity contribution in [1.82, 2.24) is 50.2 Å². The lowest BCUT2D eigenvalue weighted by Gasteiger charge is -2.30. The Hall–Kier alpha value is -7.49. The number of tetrazole rings is 2. The van der Waals surface area contributed by atoms with Gasteiger partial charge in [0.2, 0.25) is 11.8 Å². The molecule has 4 aromatic carbocycles. The van der Waals surface area contributed by atoms with Crippen LogP contribution in [0.1, 0.15) is 111 Å². The maximum absolute atomic E-state index is 13.9. The molecule has 0 bridgehead atoms. The van der Waals surface area contributed by atoms with E-state index in [2.05, 4.69) is 30.8 Å². The van der Waals surface area contributed by atoms with Crippen molar-refractivity contribution in [1.29, 1.82) is 0 Å². The van der Waals surface area contributed by atoms with Crippen molar-refractivity contribution in [3.63, 3.8) is 0 Å². The summed E-state index contributed by atoms with van der Waals surface area (Å²) in [5, 5.41) is 52.5. The van der Waals surface area contributed by atoms with Gasteiger partial charge in [0, 0.05) is 64.4 Å². The zero-order valence-corrected chi connectivity index (χ0v) is 42.5. The topological polar surface area (TPSA) is 233 Å². The van der Waals surface area contributed by atoms with Crippen molar-refractivity contribution < 1.29 is 28.9 Å². The van der Waals surface area contributed by atoms with Crippen LogP contribution in [0.25, 0.3) is 34.4 Å². The minimum Gasteiger partial charge on any atom is -0.361 e. The molecular weight excluding hydrogens is 953 g/mol. The van der Waals surface area contributed by atoms with Gasteiger partial charge in [0.05, 0.1) is 30.8 Å². The Kier molecular flexibility index (Phi) is 16.6. The van der Waals surface area contributed by atoms with Gasteiger partial charge in [-0.3, -0.25) is 29.8 Å². The highest BCUT2D eigenvalue weighted by Crippen LogP contribution is 2.50. The van der Waals surface area contributed by atoms with Crippen LogP contribution in [0.15, 0.2) is 94.7 Å². The highest BCUT2D eigenvalue weighted by molar-refractivity contribution is 7.99. The van der Waals surface area contributed by atoms with Gasteiger partial charge in [-0.2, -0.15) is 0 Å². The number of carbonyl (C=O) groups is 2. The largest absolute Gasteiger partial charge is 0.361 e. The second kappa shape index (κ2) is 23.4. The van der Waals surface area contributed by atoms with Crippen molar-refractivity contribution in [3.8, 4) is 22.3 Å². The minimum atomic E-state index is -0.459. The number of hydrogen-bond acceptors (Lipinski definition) is 15. The third kappa shape index (κ3) is 11.7. The van der Waals surface area contributed by atoms with E-state index < -0.39 is 9.85 Å². The maximum atomic E-state index is 13.9. The van der Waals surface area contributed by atoms with Crippen LogP contribution < -0.4 is 0 Å². The van der Waals surface area contributed by atoms with Gasteiger partial charge in [-0.1, -0.05) is 100 Å². The van der Waals surface area contributed by atoms with Crippen LogP contribution in [0.5, 0.6) is 0 Å². The minimum absolute atomic E-state index is 0.0416. The number of hydrogen-bond donors (Lipinski definition) is 0. The molecule has 0 saturated carbocycles. The number of piperidine rings is 2. The average molecular weight is 1010 g/mol. The highest BCUT2D eigenvalue weighted by atomic mass is 32.2. The van der Waals surface area contributed by atoms with Crippen molar-refractivity contribution in [2.45, 2.75) is 100 Å². The number of aromatic nitrogens is 8. The Labute approximate surface area is 426 Å². The normalized spacial score (nSPS) is 16.3. The number of rotatable bonds is 18. The van der Waals surface area contributed by atoms with E-state index in [1.807, 2.05) is 76.2 Å². The van der Waals surface area contributed by atoms with Gasteiger partial charge >= 0.3 is 0 Å². The Morgan fingerprint density at radius 2 is 1.07 bits per heavy atom. The summed E-state index contributed by atoms with van der Waals surface area (Å²) in [5.41, 5.74) is 3.77. The fourth-order valence-electron chi connectivity index (χ4n) is 9.61. The van der Waals surface area contributed by atoms with Crippen LogP contribution in [0.3, 0.4) is 0 Å². The molecule has 0 aliphatic carbocycles. The fourth-order valence-corrected chi connectivity index (χ4v) is 10.7. The van der Waals surface area contributed by atoms with E-state index in [9.17, 15) is 29.8 Å². The Morgan fingerprint density at radius 3 is 1.45 bits per heavy atom. The number of carbonyl (C=O) groups excluding carboxylic acids is 2. The molecule has 2 fully saturated rings. The number of likely N-dealkylation sites (tertiary alicyclic amines) is 2. The smallest absolute Gasteiger partial charge is 0.291 e. The van der Waals surface area contributed by atoms with Gasteiger partial charge in [-0.05, 0) is 106 Å². The standard InChI is InChI=1S/C52H58N12O8S/c1-33(2)39-15-7-9-17-41(39)47-35(21-25-45(65)59-27-11-13-37(29-59)51-53-57-61(55-51)31-71-5)19-23-43(49(47)63(67)68)73-44-24-20-36(48(50(44)64(69)70)42-18-10-8-16-40(42)34(3)4)22-26-46(66)60-28-12-14-38(30-60)52-54-58-62(56-52)32-72-6/h7-10,15-26,33-34,37-38H,11-14,27-32H2,1-6H3/b25-21+,26-22+. The summed E-state index contributed by atoms with van der Waals surface area (Å²) in [7, 11) is 3.08. The molecule has 380 valence electrons. The SMILES string of the molecule is COCn1nnc(C2CCCN(C(=O)/C=C/c3ccc(Sc4ccc(/C=C/C(=O)N5CCCC(c6nnn(COC)n6)C5)c(-c5ccccc5C(C)C)c4[N+](=O)[O-])c([N+](=O)[O-])c3-c3ccccc3C(C)C)C2)n1. The van der Waals surface area contributed by atoms with Crippen LogP contribution >= 0.6 is 11.8 Å². The third-order valence-corrected chi connectivity index (χ3v) is 14.2. The second-order valence-electron chi connectivity index (χ2n) is 18.6. The number of benzene rings is 4. The van der Waals surface area contributed by atoms with E-state index in [1.165, 1.54) is 36.0 Å². The molecule has 21 heteroatoms. The molecule has 2 saturated heterocycles. The molecular formula is C52H58N12O8S. The molecule has 2 aliphatic heterocycles. The van der Waals surface area contributed by atoms with Crippen LogP contribution in [-0.2, 0) is 32.5 Å². The number of amides is 2. The summed E-state index contributed by atoms with van der Waals surface area (Å²) in [4.78, 5) is 60.6. The van der Waals surface area contributed by atoms with Crippen LogP contribution in [0.4, 0.5) is 11.4 Å². The molecule has 8 rings (SSSR count). The van der Waals surface area contributed by atoms with Crippen LogP contribution in [0, 0.1) is 20.2 Å². The lowest BCUT2D eigenvalue weighted by atomic mass is 9.89. The average Bonchev–Trinajstić information content (AvgIpc) is 4.08. The highest BCUT2D eigenvalue weighted by Gasteiger charge is 2.33. The lowest BCUT2D eigenvalue weighted by Crippen LogP contribution is -2.38. The Bertz CT molecular complexity index is 2860. The maximum Gasteiger partial charge on any atom is 0.291 e. The summed E-state index contributed by atoms with van der Waals surface area (Å²) < 4.78 is 10.2. The van der Waals surface area contributed by atoms with Crippen molar-refractivity contribution >= 4 is 47.1 Å². The van der Waals surface area contributed by atoms with Crippen molar-refractivity contribution in [2.24, 2.45) is 0 Å². The molecule has 2 unspecified atom stereocenters. The summed E-state index contributed by atoms with van der Waals surface area (Å²) >= 11 is 0.926. The molecule has 0 radical (unpaired) electrons. The quantitative estimate of drug-likeness (QED) is 0.0443. The van der Waals surface area contributed by atoms with Gasteiger partial charge in [0.25, 0.3) is 11.4 Å². The van der Waals surface area contributed by atoms with E-state index in [0.29, 0.717) is 60.1 Å². The van der Waals surface area contributed by atoms with Crippen molar-refractivity contribution in [3.05, 3.63) is 139 Å². The van der Waals surface area contributed by atoms with E-state index in [-0.39, 0.29) is 81.2 Å². The number of nitrogens with zero attached hydrogens (tertiary/aromatic N) is 12. The zero-order chi connectivity index (χ0) is 51.8. The molecule has 6 aromatic rings.